The fraction of sp³-hybridized carbons (Fsp3) is 0.600. The lowest BCUT2D eigenvalue weighted by Crippen LogP contribution is -2.76. The van der Waals surface area contributed by atoms with Crippen LogP contribution in [0, 0.1) is 5.41 Å². The van der Waals surface area contributed by atoms with Crippen LogP contribution in [0.25, 0.3) is 0 Å². The Bertz CT molecular complexity index is 1340. The monoisotopic (exact) mass is 620 g/mol. The molecule has 2 aliphatic heterocycles. The molecule has 45 heavy (non-hydrogen) atoms. The molecule has 10 heteroatoms. The van der Waals surface area contributed by atoms with Gasteiger partial charge in [0.1, 0.15) is 25.1 Å². The molecule has 244 valence electrons. The van der Waals surface area contributed by atoms with E-state index in [-0.39, 0.29) is 25.2 Å². The van der Waals surface area contributed by atoms with Crippen LogP contribution in [-0.4, -0.2) is 74.3 Å². The molecule has 0 radical (unpaired) electrons. The second kappa shape index (κ2) is 15.0. The minimum Gasteiger partial charge on any atom is -0.459 e. The first kappa shape index (κ1) is 34.1. The van der Waals surface area contributed by atoms with Gasteiger partial charge in [0.15, 0.2) is 11.8 Å². The third kappa shape index (κ3) is 7.89. The lowest BCUT2D eigenvalue weighted by molar-refractivity contribution is -0.178. The van der Waals surface area contributed by atoms with Crippen LogP contribution in [0.15, 0.2) is 42.7 Å². The number of esters is 1. The molecule has 2 fully saturated rings. The van der Waals surface area contributed by atoms with E-state index in [0.29, 0.717) is 25.1 Å². The summed E-state index contributed by atoms with van der Waals surface area (Å²) in [5, 5.41) is 0. The molecule has 10 nitrogen and oxygen atoms in total. The van der Waals surface area contributed by atoms with Gasteiger partial charge in [-0.15, -0.1) is 0 Å². The summed E-state index contributed by atoms with van der Waals surface area (Å²) in [6.07, 6.45) is 8.33. The number of hydrogen-bond donors (Lipinski definition) is 0. The number of ketones is 1. The van der Waals surface area contributed by atoms with Crippen LogP contribution in [0.3, 0.4) is 0 Å². The predicted octanol–water partition coefficient (Wildman–Crippen LogP) is 5.63. The SMILES string of the molecule is CCCCCC[C@H]1COC(=O)N1C1C(=O)N(C(C(=O)OCc2ccccc2C(C)C)C(=O)C(C)(C)C)C1CCc1ncccn1. The summed E-state index contributed by atoms with van der Waals surface area (Å²) in [4.78, 5) is 66.5. The second-order valence-electron chi connectivity index (χ2n) is 13.4. The number of unbranched alkanes of at least 4 members (excludes halogenated alkanes) is 3. The number of β-lactam (4-membered cyclic amide) rings is 1. The first-order valence-corrected chi connectivity index (χ1v) is 16.3. The Balaban J connectivity index is 1.64. The smallest absolute Gasteiger partial charge is 0.410 e. The topological polar surface area (TPSA) is 119 Å². The van der Waals surface area contributed by atoms with Crippen molar-refractivity contribution in [1.82, 2.24) is 19.8 Å². The Hall–Kier alpha value is -3.82. The lowest BCUT2D eigenvalue weighted by atomic mass is 9.80. The highest BCUT2D eigenvalue weighted by Gasteiger charge is 2.60. The number of amides is 2. The Labute approximate surface area is 266 Å². The molecule has 2 aliphatic rings. The maximum Gasteiger partial charge on any atom is 0.410 e. The van der Waals surface area contributed by atoms with Crippen molar-refractivity contribution in [3.8, 4) is 0 Å². The average Bonchev–Trinajstić information content (AvgIpc) is 3.37. The number of aryl methyl sites for hydroxylation is 1. The summed E-state index contributed by atoms with van der Waals surface area (Å²) < 4.78 is 11.3. The standard InChI is InChI=1S/C35H48N4O6/c1-7-8-9-10-15-25-22-45-34(43)38(25)29-27(17-18-28-36-19-13-20-37-28)39(32(29)41)30(31(40)35(4,5)6)33(42)44-21-24-14-11-12-16-26(24)23(2)3/h11-14,16,19-20,23,25,27,29-30H,7-10,15,17-18,21-22H2,1-6H3/t25-,27?,29?,30?/m0/s1. The summed E-state index contributed by atoms with van der Waals surface area (Å²) in [7, 11) is 0. The number of carbonyl (C=O) groups excluding carboxylic acids is 4. The molecule has 4 rings (SSSR count). The van der Waals surface area contributed by atoms with Crippen molar-refractivity contribution in [2.45, 2.75) is 123 Å². The van der Waals surface area contributed by atoms with Crippen LogP contribution in [0.5, 0.6) is 0 Å². The van der Waals surface area contributed by atoms with Gasteiger partial charge in [0.2, 0.25) is 5.91 Å². The van der Waals surface area contributed by atoms with Crippen LogP contribution < -0.4 is 0 Å². The van der Waals surface area contributed by atoms with Crippen molar-refractivity contribution in [3.63, 3.8) is 0 Å². The van der Waals surface area contributed by atoms with Crippen LogP contribution in [0.4, 0.5) is 4.79 Å². The van der Waals surface area contributed by atoms with Crippen molar-refractivity contribution in [2.24, 2.45) is 5.41 Å². The van der Waals surface area contributed by atoms with Gasteiger partial charge in [-0.25, -0.2) is 19.6 Å². The molecule has 2 amide bonds. The number of hydrogen-bond acceptors (Lipinski definition) is 8. The first-order valence-electron chi connectivity index (χ1n) is 16.3. The normalized spacial score (nSPS) is 20.6. The Kier molecular flexibility index (Phi) is 11.3. The molecule has 0 N–H and O–H groups in total. The van der Waals surface area contributed by atoms with E-state index in [2.05, 4.69) is 30.7 Å². The van der Waals surface area contributed by atoms with Crippen LogP contribution in [0.1, 0.15) is 103 Å². The van der Waals surface area contributed by atoms with Crippen molar-refractivity contribution < 1.29 is 28.7 Å². The van der Waals surface area contributed by atoms with Crippen LogP contribution in [-0.2, 0) is 36.9 Å². The minimum atomic E-state index is -1.46. The van der Waals surface area contributed by atoms with Gasteiger partial charge < -0.3 is 14.4 Å². The van der Waals surface area contributed by atoms with Crippen molar-refractivity contribution in [2.75, 3.05) is 6.61 Å². The summed E-state index contributed by atoms with van der Waals surface area (Å²) in [6.45, 7) is 11.6. The molecular formula is C35H48N4O6. The highest BCUT2D eigenvalue weighted by Crippen LogP contribution is 2.37. The van der Waals surface area contributed by atoms with E-state index in [9.17, 15) is 19.2 Å². The Morgan fingerprint density at radius 2 is 1.73 bits per heavy atom. The zero-order chi connectivity index (χ0) is 32.7. The van der Waals surface area contributed by atoms with Gasteiger partial charge in [-0.3, -0.25) is 14.5 Å². The van der Waals surface area contributed by atoms with E-state index < -0.39 is 47.3 Å². The van der Waals surface area contributed by atoms with Gasteiger partial charge in [-0.05, 0) is 36.0 Å². The van der Waals surface area contributed by atoms with Crippen LogP contribution >= 0.6 is 0 Å². The molecule has 0 bridgehead atoms. The highest BCUT2D eigenvalue weighted by molar-refractivity contribution is 6.10. The van der Waals surface area contributed by atoms with E-state index >= 15 is 0 Å². The number of cyclic esters (lactones) is 1. The Morgan fingerprint density at radius 3 is 2.40 bits per heavy atom. The molecular weight excluding hydrogens is 572 g/mol. The molecule has 1 aromatic carbocycles. The molecule has 2 saturated heterocycles. The number of rotatable bonds is 15. The Morgan fingerprint density at radius 1 is 1.02 bits per heavy atom. The van der Waals surface area contributed by atoms with Crippen molar-refractivity contribution in [3.05, 3.63) is 59.7 Å². The number of benzene rings is 1. The molecule has 3 heterocycles. The number of likely N-dealkylation sites (tertiary alicyclic amines) is 1. The van der Waals surface area contributed by atoms with Crippen LogP contribution in [0.2, 0.25) is 0 Å². The molecule has 4 atom stereocenters. The molecule has 3 unspecified atom stereocenters. The van der Waals surface area contributed by atoms with E-state index in [1.807, 2.05) is 24.3 Å². The second-order valence-corrected chi connectivity index (χ2v) is 13.4. The van der Waals surface area contributed by atoms with Crippen molar-refractivity contribution >= 4 is 23.8 Å². The minimum absolute atomic E-state index is 0.0205. The number of aromatic nitrogens is 2. The summed E-state index contributed by atoms with van der Waals surface area (Å²) >= 11 is 0. The van der Waals surface area contributed by atoms with E-state index in [4.69, 9.17) is 9.47 Å². The summed E-state index contributed by atoms with van der Waals surface area (Å²) in [5.41, 5.74) is 0.952. The molecule has 1 aromatic heterocycles. The maximum absolute atomic E-state index is 14.1. The van der Waals surface area contributed by atoms with Gasteiger partial charge in [-0.2, -0.15) is 0 Å². The molecule has 0 spiro atoms. The van der Waals surface area contributed by atoms with E-state index in [1.165, 1.54) is 4.90 Å². The summed E-state index contributed by atoms with van der Waals surface area (Å²) in [6, 6.07) is 6.24. The lowest BCUT2D eigenvalue weighted by Gasteiger charge is -2.53. The van der Waals surface area contributed by atoms with Crippen molar-refractivity contribution in [1.29, 1.82) is 0 Å². The molecule has 0 aliphatic carbocycles. The predicted molar refractivity (Wildman–Crippen MR) is 169 cm³/mol. The zero-order valence-electron chi connectivity index (χ0n) is 27.5. The number of nitrogens with zero attached hydrogens (tertiary/aromatic N) is 4. The number of carbonyl (C=O) groups is 4. The third-order valence-corrected chi connectivity index (χ3v) is 8.74. The first-order chi connectivity index (χ1) is 21.5. The van der Waals surface area contributed by atoms with E-state index in [0.717, 1.165) is 36.8 Å². The summed E-state index contributed by atoms with van der Waals surface area (Å²) in [5.74, 6) is -0.862. The quantitative estimate of drug-likeness (QED) is 0.109. The molecule has 2 aromatic rings. The van der Waals surface area contributed by atoms with Gasteiger partial charge in [0.25, 0.3) is 0 Å². The fourth-order valence-electron chi connectivity index (χ4n) is 6.26. The van der Waals surface area contributed by atoms with E-state index in [1.54, 1.807) is 44.1 Å². The van der Waals surface area contributed by atoms with Gasteiger partial charge >= 0.3 is 12.1 Å². The van der Waals surface area contributed by atoms with Gasteiger partial charge in [0, 0.05) is 24.2 Å². The number of Topliss-reactive ketones (excluding diaryl/α,β-unsaturated/α-hetero) is 1. The number of ether oxygens (including phenoxy) is 2. The van der Waals surface area contributed by atoms with Gasteiger partial charge in [0.05, 0.1) is 12.1 Å². The largest absolute Gasteiger partial charge is 0.459 e. The van der Waals surface area contributed by atoms with Gasteiger partial charge in [-0.1, -0.05) is 91.5 Å². The average molecular weight is 621 g/mol. The fourth-order valence-corrected chi connectivity index (χ4v) is 6.26. The zero-order valence-corrected chi connectivity index (χ0v) is 27.5. The molecule has 0 saturated carbocycles. The third-order valence-electron chi connectivity index (χ3n) is 8.74. The maximum atomic E-state index is 14.1. The highest BCUT2D eigenvalue weighted by atomic mass is 16.6.